The van der Waals surface area contributed by atoms with Crippen LogP contribution in [-0.4, -0.2) is 20.0 Å². The van der Waals surface area contributed by atoms with Crippen molar-refractivity contribution in [3.63, 3.8) is 0 Å². The van der Waals surface area contributed by atoms with Crippen LogP contribution < -0.4 is 0 Å². The summed E-state index contributed by atoms with van der Waals surface area (Å²) in [6.45, 7) is 4.21. The maximum atomic E-state index is 9.38. The normalized spacial score (nSPS) is 18.8. The molecule has 1 atom stereocenters. The van der Waals surface area contributed by atoms with Crippen molar-refractivity contribution in [2.24, 2.45) is 5.92 Å². The highest BCUT2D eigenvalue weighted by atomic mass is 32.2. The van der Waals surface area contributed by atoms with Crippen molar-refractivity contribution in [1.29, 1.82) is 5.26 Å². The van der Waals surface area contributed by atoms with Gasteiger partial charge in [-0.2, -0.15) is 5.26 Å². The SMILES string of the molecule is CC(C)n1cnnc1S[C@H](C#N)C1CCCCC1. The Labute approximate surface area is 113 Å². The molecule has 0 aliphatic heterocycles. The molecule has 0 aromatic carbocycles. The minimum absolute atomic E-state index is 0.0204. The Kier molecular flexibility index (Phi) is 4.65. The fraction of sp³-hybridized carbons (Fsp3) is 0.769. The van der Waals surface area contributed by atoms with Crippen molar-refractivity contribution in [2.45, 2.75) is 62.4 Å². The molecule has 0 unspecified atom stereocenters. The summed E-state index contributed by atoms with van der Waals surface area (Å²) in [6, 6.07) is 2.80. The lowest BCUT2D eigenvalue weighted by atomic mass is 9.87. The zero-order valence-corrected chi connectivity index (χ0v) is 11.9. The lowest BCUT2D eigenvalue weighted by Gasteiger charge is -2.25. The first-order chi connectivity index (χ1) is 8.72. The van der Waals surface area contributed by atoms with E-state index in [2.05, 4.69) is 30.1 Å². The molecule has 5 heteroatoms. The predicted octanol–water partition coefficient (Wildman–Crippen LogP) is 3.42. The molecule has 1 saturated carbocycles. The van der Waals surface area contributed by atoms with Gasteiger partial charge in [0.25, 0.3) is 0 Å². The summed E-state index contributed by atoms with van der Waals surface area (Å²) in [6.07, 6.45) is 7.96. The molecule has 2 rings (SSSR count). The van der Waals surface area contributed by atoms with Crippen LogP contribution in [0.1, 0.15) is 52.0 Å². The Morgan fingerprint density at radius 1 is 1.39 bits per heavy atom. The summed E-state index contributed by atoms with van der Waals surface area (Å²) in [7, 11) is 0. The number of thioether (sulfide) groups is 1. The molecular weight excluding hydrogens is 244 g/mol. The fourth-order valence-corrected chi connectivity index (χ4v) is 3.67. The molecule has 1 aliphatic rings. The molecule has 98 valence electrons. The minimum atomic E-state index is 0.0204. The van der Waals surface area contributed by atoms with E-state index in [1.807, 2.05) is 4.57 Å². The molecule has 1 aliphatic carbocycles. The van der Waals surface area contributed by atoms with Gasteiger partial charge < -0.3 is 4.57 Å². The standard InChI is InChI=1S/C13H20N4S/c1-10(2)17-9-15-16-13(17)18-12(8-14)11-6-4-3-5-7-11/h9-12H,3-7H2,1-2H3/t12-/m1/s1. The number of nitrogens with zero attached hydrogens (tertiary/aromatic N) is 4. The number of aromatic nitrogens is 3. The maximum absolute atomic E-state index is 9.38. The summed E-state index contributed by atoms with van der Waals surface area (Å²) >= 11 is 1.59. The summed E-state index contributed by atoms with van der Waals surface area (Å²) in [5, 5.41) is 18.4. The van der Waals surface area contributed by atoms with Crippen molar-refractivity contribution in [2.75, 3.05) is 0 Å². The molecule has 0 amide bonds. The molecule has 18 heavy (non-hydrogen) atoms. The zero-order valence-electron chi connectivity index (χ0n) is 11.0. The molecular formula is C13H20N4S. The zero-order chi connectivity index (χ0) is 13.0. The molecule has 0 N–H and O–H groups in total. The van der Waals surface area contributed by atoms with E-state index >= 15 is 0 Å². The number of nitriles is 1. The second kappa shape index (κ2) is 6.24. The number of rotatable bonds is 4. The average molecular weight is 264 g/mol. The first-order valence-corrected chi connectivity index (χ1v) is 7.56. The first-order valence-electron chi connectivity index (χ1n) is 6.68. The molecule has 0 bridgehead atoms. The third-order valence-corrected chi connectivity index (χ3v) is 4.78. The molecule has 1 heterocycles. The van der Waals surface area contributed by atoms with E-state index in [0.717, 1.165) is 5.16 Å². The lowest BCUT2D eigenvalue weighted by molar-refractivity contribution is 0.369. The van der Waals surface area contributed by atoms with Crippen molar-refractivity contribution in [1.82, 2.24) is 14.8 Å². The van der Waals surface area contributed by atoms with Crippen LogP contribution in [-0.2, 0) is 0 Å². The van der Waals surface area contributed by atoms with Crippen LogP contribution in [0.15, 0.2) is 11.5 Å². The quantitative estimate of drug-likeness (QED) is 0.782. The van der Waals surface area contributed by atoms with Crippen LogP contribution in [0.5, 0.6) is 0 Å². The Bertz CT molecular complexity index is 415. The molecule has 0 spiro atoms. The van der Waals surface area contributed by atoms with Crippen molar-refractivity contribution >= 4 is 11.8 Å². The third kappa shape index (κ3) is 3.05. The van der Waals surface area contributed by atoms with Gasteiger partial charge in [0, 0.05) is 6.04 Å². The molecule has 4 nitrogen and oxygen atoms in total. The van der Waals surface area contributed by atoms with Crippen LogP contribution in [0.25, 0.3) is 0 Å². The van der Waals surface area contributed by atoms with Gasteiger partial charge >= 0.3 is 0 Å². The number of hydrogen-bond acceptors (Lipinski definition) is 4. The van der Waals surface area contributed by atoms with Crippen LogP contribution in [0.3, 0.4) is 0 Å². The lowest BCUT2D eigenvalue weighted by Crippen LogP contribution is -2.19. The Morgan fingerprint density at radius 2 is 2.11 bits per heavy atom. The molecule has 1 aromatic heterocycles. The van der Waals surface area contributed by atoms with E-state index < -0.39 is 0 Å². The van der Waals surface area contributed by atoms with Crippen LogP contribution in [0, 0.1) is 17.2 Å². The second-order valence-corrected chi connectivity index (χ2v) is 6.29. The molecule has 0 saturated heterocycles. The summed E-state index contributed by atoms with van der Waals surface area (Å²) < 4.78 is 2.04. The van der Waals surface area contributed by atoms with Gasteiger partial charge in [-0.15, -0.1) is 10.2 Å². The van der Waals surface area contributed by atoms with Crippen molar-refractivity contribution in [3.05, 3.63) is 6.33 Å². The second-order valence-electron chi connectivity index (χ2n) is 5.18. The summed E-state index contributed by atoms with van der Waals surface area (Å²) in [5.41, 5.74) is 0. The van der Waals surface area contributed by atoms with Crippen molar-refractivity contribution < 1.29 is 0 Å². The van der Waals surface area contributed by atoms with Crippen molar-refractivity contribution in [3.8, 4) is 6.07 Å². The minimum Gasteiger partial charge on any atom is -0.306 e. The van der Waals surface area contributed by atoms with Gasteiger partial charge in [-0.25, -0.2) is 0 Å². The van der Waals surface area contributed by atoms with E-state index in [1.54, 1.807) is 18.1 Å². The average Bonchev–Trinajstić information content (AvgIpc) is 2.85. The first kappa shape index (κ1) is 13.4. The highest BCUT2D eigenvalue weighted by Gasteiger charge is 2.26. The molecule has 0 radical (unpaired) electrons. The van der Waals surface area contributed by atoms with Gasteiger partial charge in [-0.3, -0.25) is 0 Å². The topological polar surface area (TPSA) is 54.5 Å². The number of hydrogen-bond donors (Lipinski definition) is 0. The predicted molar refractivity (Wildman–Crippen MR) is 72.2 cm³/mol. The van der Waals surface area contributed by atoms with Gasteiger partial charge in [0.1, 0.15) is 11.6 Å². The third-order valence-electron chi connectivity index (χ3n) is 3.53. The highest BCUT2D eigenvalue weighted by molar-refractivity contribution is 8.00. The Hall–Kier alpha value is -1.02. The van der Waals surface area contributed by atoms with E-state index in [0.29, 0.717) is 12.0 Å². The largest absolute Gasteiger partial charge is 0.306 e. The highest BCUT2D eigenvalue weighted by Crippen LogP contribution is 2.35. The molecule has 1 aromatic rings. The van der Waals surface area contributed by atoms with Crippen LogP contribution in [0.2, 0.25) is 0 Å². The van der Waals surface area contributed by atoms with E-state index in [1.165, 1.54) is 32.1 Å². The Balaban J connectivity index is 2.05. The van der Waals surface area contributed by atoms with Crippen LogP contribution >= 0.6 is 11.8 Å². The maximum Gasteiger partial charge on any atom is 0.192 e. The van der Waals surface area contributed by atoms with E-state index in [-0.39, 0.29) is 5.25 Å². The Morgan fingerprint density at radius 3 is 2.72 bits per heavy atom. The van der Waals surface area contributed by atoms with Gasteiger partial charge in [0.05, 0.1) is 6.07 Å². The summed E-state index contributed by atoms with van der Waals surface area (Å²) in [5.74, 6) is 0.520. The fourth-order valence-electron chi connectivity index (χ4n) is 2.45. The van der Waals surface area contributed by atoms with Gasteiger partial charge in [-0.05, 0) is 32.6 Å². The monoisotopic (exact) mass is 264 g/mol. The van der Waals surface area contributed by atoms with Gasteiger partial charge in [0.2, 0.25) is 0 Å². The summed E-state index contributed by atoms with van der Waals surface area (Å²) in [4.78, 5) is 0. The van der Waals surface area contributed by atoms with E-state index in [9.17, 15) is 5.26 Å². The molecule has 1 fully saturated rings. The van der Waals surface area contributed by atoms with Gasteiger partial charge in [-0.1, -0.05) is 31.0 Å². The van der Waals surface area contributed by atoms with Gasteiger partial charge in [0.15, 0.2) is 5.16 Å². The van der Waals surface area contributed by atoms with Crippen LogP contribution in [0.4, 0.5) is 0 Å². The smallest absolute Gasteiger partial charge is 0.192 e. The van der Waals surface area contributed by atoms with E-state index in [4.69, 9.17) is 0 Å².